The smallest absolute Gasteiger partial charge is 0.253 e. The van der Waals surface area contributed by atoms with Gasteiger partial charge in [-0.2, -0.15) is 4.31 Å². The Hall–Kier alpha value is -2.81. The van der Waals surface area contributed by atoms with Crippen molar-refractivity contribution in [2.24, 2.45) is 5.92 Å². The van der Waals surface area contributed by atoms with Crippen molar-refractivity contribution in [3.8, 4) is 0 Å². The molecule has 6 nitrogen and oxygen atoms in total. The first kappa shape index (κ1) is 23.0. The Balaban J connectivity index is 1.27. The van der Waals surface area contributed by atoms with Crippen LogP contribution < -0.4 is 0 Å². The molecule has 1 aromatic heterocycles. The molecule has 5 rings (SSSR count). The van der Waals surface area contributed by atoms with Gasteiger partial charge in [-0.3, -0.25) is 9.59 Å². The summed E-state index contributed by atoms with van der Waals surface area (Å²) < 4.78 is 28.1. The minimum atomic E-state index is -3.70. The summed E-state index contributed by atoms with van der Waals surface area (Å²) in [7, 11) is -3.70. The molecule has 1 fully saturated rings. The molecular formula is C26H26N2O4S2. The fourth-order valence-electron chi connectivity index (χ4n) is 4.73. The van der Waals surface area contributed by atoms with Crippen molar-refractivity contribution in [3.63, 3.8) is 0 Å². The van der Waals surface area contributed by atoms with Crippen LogP contribution in [-0.2, 0) is 23.0 Å². The number of Topliss-reactive ketones (excluding diaryl/α,β-unsaturated/α-hetero) is 1. The molecule has 8 heteroatoms. The highest BCUT2D eigenvalue weighted by Crippen LogP contribution is 2.29. The van der Waals surface area contributed by atoms with Gasteiger partial charge in [-0.25, -0.2) is 8.42 Å². The number of sulfonamides is 1. The van der Waals surface area contributed by atoms with E-state index in [-0.39, 0.29) is 22.5 Å². The van der Waals surface area contributed by atoms with Crippen LogP contribution in [0.3, 0.4) is 0 Å². The summed E-state index contributed by atoms with van der Waals surface area (Å²) in [5, 5.41) is 2.00. The topological polar surface area (TPSA) is 74.8 Å². The van der Waals surface area contributed by atoms with Gasteiger partial charge in [-0.1, -0.05) is 36.4 Å². The van der Waals surface area contributed by atoms with E-state index < -0.39 is 10.0 Å². The molecule has 176 valence electrons. The SMILES string of the molecule is O=C(c1ccccc1)C1CCN(C(=O)c2cccc(S(=O)(=O)N3CCc4sccc4C3)c2)CC1. The lowest BCUT2D eigenvalue weighted by molar-refractivity contribution is 0.0650. The molecule has 2 aliphatic heterocycles. The standard InChI is InChI=1S/C26H26N2O4S2/c29-25(19-5-2-1-3-6-19)20-9-13-27(14-10-20)26(30)21-7-4-8-23(17-21)34(31,32)28-15-11-24-22(18-28)12-16-33-24/h1-8,12,16-17,20H,9-11,13-15,18H2. The van der Waals surface area contributed by atoms with Crippen LogP contribution in [0.15, 0.2) is 70.9 Å². The number of thiophene rings is 1. The number of nitrogens with zero attached hydrogens (tertiary/aromatic N) is 2. The molecule has 0 bridgehead atoms. The summed E-state index contributed by atoms with van der Waals surface area (Å²) in [5.41, 5.74) is 2.12. The van der Waals surface area contributed by atoms with Gasteiger partial charge >= 0.3 is 0 Å². The number of rotatable bonds is 5. The molecule has 0 radical (unpaired) electrons. The van der Waals surface area contributed by atoms with Gasteiger partial charge in [0.1, 0.15) is 0 Å². The molecule has 0 N–H and O–H groups in total. The monoisotopic (exact) mass is 494 g/mol. The van der Waals surface area contributed by atoms with Gasteiger partial charge in [0.2, 0.25) is 10.0 Å². The van der Waals surface area contributed by atoms with E-state index in [4.69, 9.17) is 0 Å². The molecule has 34 heavy (non-hydrogen) atoms. The highest BCUT2D eigenvalue weighted by molar-refractivity contribution is 7.89. The van der Waals surface area contributed by atoms with Crippen LogP contribution in [0, 0.1) is 5.92 Å². The number of likely N-dealkylation sites (tertiary alicyclic amines) is 1. The number of ketones is 1. The van der Waals surface area contributed by atoms with Gasteiger partial charge < -0.3 is 4.90 Å². The summed E-state index contributed by atoms with van der Waals surface area (Å²) >= 11 is 1.66. The van der Waals surface area contributed by atoms with Crippen molar-refractivity contribution in [2.45, 2.75) is 30.7 Å². The molecule has 0 atom stereocenters. The lowest BCUT2D eigenvalue weighted by Gasteiger charge is -2.31. The lowest BCUT2D eigenvalue weighted by Crippen LogP contribution is -2.40. The first-order valence-electron chi connectivity index (χ1n) is 11.5. The van der Waals surface area contributed by atoms with Crippen LogP contribution in [0.4, 0.5) is 0 Å². The zero-order valence-electron chi connectivity index (χ0n) is 18.7. The summed E-state index contributed by atoms with van der Waals surface area (Å²) in [5.74, 6) is -0.170. The molecule has 3 aromatic rings. The first-order valence-corrected chi connectivity index (χ1v) is 13.8. The van der Waals surface area contributed by atoms with Gasteiger partial charge in [0, 0.05) is 48.1 Å². The third-order valence-electron chi connectivity index (χ3n) is 6.70. The van der Waals surface area contributed by atoms with Crippen LogP contribution >= 0.6 is 11.3 Å². The third-order valence-corrected chi connectivity index (χ3v) is 9.57. The number of amides is 1. The molecule has 3 heterocycles. The second-order valence-electron chi connectivity index (χ2n) is 8.78. The summed E-state index contributed by atoms with van der Waals surface area (Å²) in [6.45, 7) is 1.76. The van der Waals surface area contributed by atoms with Crippen molar-refractivity contribution in [2.75, 3.05) is 19.6 Å². The quantitative estimate of drug-likeness (QED) is 0.498. The van der Waals surface area contributed by atoms with E-state index in [0.717, 1.165) is 5.56 Å². The summed E-state index contributed by atoms with van der Waals surface area (Å²) in [6, 6.07) is 17.6. The van der Waals surface area contributed by atoms with Gasteiger partial charge in [0.15, 0.2) is 5.78 Å². The minimum absolute atomic E-state index is 0.0979. The fraction of sp³-hybridized carbons (Fsp3) is 0.308. The van der Waals surface area contributed by atoms with Gasteiger partial charge in [-0.15, -0.1) is 11.3 Å². The second kappa shape index (κ2) is 9.44. The number of hydrogen-bond donors (Lipinski definition) is 0. The average molecular weight is 495 g/mol. The average Bonchev–Trinajstić information content (AvgIpc) is 3.37. The summed E-state index contributed by atoms with van der Waals surface area (Å²) in [4.78, 5) is 29.0. The predicted octanol–water partition coefficient (Wildman–Crippen LogP) is 4.23. The Kier molecular flexibility index (Phi) is 6.38. The molecular weight excluding hydrogens is 468 g/mol. The van der Waals surface area contributed by atoms with Crippen LogP contribution in [0.5, 0.6) is 0 Å². The number of benzene rings is 2. The molecule has 1 amide bonds. The Morgan fingerprint density at radius 1 is 0.882 bits per heavy atom. The zero-order valence-corrected chi connectivity index (χ0v) is 20.4. The second-order valence-corrected chi connectivity index (χ2v) is 11.7. The number of piperidine rings is 1. The maximum atomic E-state index is 13.3. The third kappa shape index (κ3) is 4.45. The number of carbonyl (C=O) groups excluding carboxylic acids is 2. The Morgan fingerprint density at radius 2 is 1.62 bits per heavy atom. The maximum absolute atomic E-state index is 13.3. The van der Waals surface area contributed by atoms with Crippen molar-refractivity contribution in [1.82, 2.24) is 9.21 Å². The lowest BCUT2D eigenvalue weighted by atomic mass is 9.88. The van der Waals surface area contributed by atoms with Gasteiger partial charge in [0.25, 0.3) is 5.91 Å². The van der Waals surface area contributed by atoms with E-state index in [1.165, 1.54) is 15.2 Å². The molecule has 0 spiro atoms. The van der Waals surface area contributed by atoms with Crippen molar-refractivity contribution in [3.05, 3.63) is 87.6 Å². The molecule has 2 aromatic carbocycles. The Morgan fingerprint density at radius 3 is 2.38 bits per heavy atom. The highest BCUT2D eigenvalue weighted by Gasteiger charge is 2.31. The van der Waals surface area contributed by atoms with E-state index in [1.54, 1.807) is 34.4 Å². The van der Waals surface area contributed by atoms with Gasteiger partial charge in [0.05, 0.1) is 4.90 Å². The number of carbonyl (C=O) groups is 2. The van der Waals surface area contributed by atoms with Crippen LogP contribution in [-0.4, -0.2) is 48.9 Å². The van der Waals surface area contributed by atoms with Crippen molar-refractivity contribution < 1.29 is 18.0 Å². The van der Waals surface area contributed by atoms with E-state index in [0.29, 0.717) is 56.6 Å². The highest BCUT2D eigenvalue weighted by atomic mass is 32.2. The molecule has 0 unspecified atom stereocenters. The number of fused-ring (bicyclic) bond motifs is 1. The van der Waals surface area contributed by atoms with E-state index in [9.17, 15) is 18.0 Å². The number of hydrogen-bond acceptors (Lipinski definition) is 5. The van der Waals surface area contributed by atoms with E-state index in [1.807, 2.05) is 41.8 Å². The van der Waals surface area contributed by atoms with Crippen LogP contribution in [0.2, 0.25) is 0 Å². The van der Waals surface area contributed by atoms with Crippen LogP contribution in [0.25, 0.3) is 0 Å². The van der Waals surface area contributed by atoms with Crippen molar-refractivity contribution in [1.29, 1.82) is 0 Å². The Labute approximate surface area is 203 Å². The van der Waals surface area contributed by atoms with E-state index >= 15 is 0 Å². The largest absolute Gasteiger partial charge is 0.339 e. The molecule has 1 saturated heterocycles. The fourth-order valence-corrected chi connectivity index (χ4v) is 7.09. The van der Waals surface area contributed by atoms with Gasteiger partial charge in [-0.05, 0) is 54.5 Å². The molecule has 0 saturated carbocycles. The molecule has 0 aliphatic carbocycles. The predicted molar refractivity (Wildman–Crippen MR) is 131 cm³/mol. The minimum Gasteiger partial charge on any atom is -0.339 e. The molecule has 2 aliphatic rings. The van der Waals surface area contributed by atoms with Crippen molar-refractivity contribution >= 4 is 33.1 Å². The summed E-state index contributed by atoms with van der Waals surface area (Å²) in [6.07, 6.45) is 1.92. The maximum Gasteiger partial charge on any atom is 0.253 e. The van der Waals surface area contributed by atoms with Crippen LogP contribution in [0.1, 0.15) is 44.0 Å². The first-order chi connectivity index (χ1) is 16.4. The van der Waals surface area contributed by atoms with E-state index in [2.05, 4.69) is 0 Å². The Bertz CT molecular complexity index is 1310. The normalized spacial score (nSPS) is 17.4. The zero-order chi connectivity index (χ0) is 23.7.